The van der Waals surface area contributed by atoms with Crippen molar-refractivity contribution in [2.45, 2.75) is 20.9 Å². The summed E-state index contributed by atoms with van der Waals surface area (Å²) >= 11 is 4.46. The molecule has 0 aliphatic heterocycles. The molecule has 0 saturated carbocycles. The molecule has 1 heterocycles. The highest BCUT2D eigenvalue weighted by Gasteiger charge is 2.17. The average molecular weight is 341 g/mol. The minimum atomic E-state index is -0.241. The van der Waals surface area contributed by atoms with Crippen molar-refractivity contribution in [3.63, 3.8) is 0 Å². The predicted octanol–water partition coefficient (Wildman–Crippen LogP) is 3.39. The molecule has 1 amide bonds. The SMILES string of the molecule is COc1ccc(NC(=O)[C@@H](C)Sc2nnc(SC)s2)cc1. The van der Waals surface area contributed by atoms with Crippen LogP contribution in [0, 0.1) is 0 Å². The van der Waals surface area contributed by atoms with Gasteiger partial charge >= 0.3 is 0 Å². The minimum absolute atomic E-state index is 0.0638. The van der Waals surface area contributed by atoms with Crippen LogP contribution in [-0.4, -0.2) is 34.7 Å². The quantitative estimate of drug-likeness (QED) is 0.813. The van der Waals surface area contributed by atoms with Gasteiger partial charge in [-0.25, -0.2) is 0 Å². The zero-order valence-electron chi connectivity index (χ0n) is 11.8. The molecule has 0 fully saturated rings. The summed E-state index contributed by atoms with van der Waals surface area (Å²) in [5, 5.41) is 10.7. The molecule has 0 bridgehead atoms. The lowest BCUT2D eigenvalue weighted by atomic mass is 10.3. The van der Waals surface area contributed by atoms with Gasteiger partial charge in [-0.05, 0) is 37.4 Å². The molecule has 2 rings (SSSR count). The van der Waals surface area contributed by atoms with Crippen LogP contribution in [0.25, 0.3) is 0 Å². The van der Waals surface area contributed by atoms with Gasteiger partial charge in [-0.2, -0.15) is 0 Å². The Morgan fingerprint density at radius 3 is 2.52 bits per heavy atom. The average Bonchev–Trinajstić information content (AvgIpc) is 2.95. The van der Waals surface area contributed by atoms with Gasteiger partial charge in [-0.1, -0.05) is 34.9 Å². The van der Waals surface area contributed by atoms with E-state index in [0.717, 1.165) is 20.1 Å². The van der Waals surface area contributed by atoms with E-state index >= 15 is 0 Å². The van der Waals surface area contributed by atoms with Gasteiger partial charge in [0.15, 0.2) is 8.68 Å². The number of anilines is 1. The van der Waals surface area contributed by atoms with E-state index in [0.29, 0.717) is 0 Å². The fourth-order valence-corrected chi connectivity index (χ4v) is 4.03. The maximum absolute atomic E-state index is 12.1. The number of amides is 1. The molecule has 112 valence electrons. The Kier molecular flexibility index (Phi) is 5.89. The van der Waals surface area contributed by atoms with Crippen molar-refractivity contribution in [3.8, 4) is 5.75 Å². The summed E-state index contributed by atoms with van der Waals surface area (Å²) in [7, 11) is 1.61. The minimum Gasteiger partial charge on any atom is -0.497 e. The van der Waals surface area contributed by atoms with Crippen molar-refractivity contribution < 1.29 is 9.53 Å². The van der Waals surface area contributed by atoms with Crippen LogP contribution < -0.4 is 10.1 Å². The molecule has 0 radical (unpaired) electrons. The van der Waals surface area contributed by atoms with Gasteiger partial charge in [0, 0.05) is 5.69 Å². The number of carbonyl (C=O) groups is 1. The number of carbonyl (C=O) groups excluding carboxylic acids is 1. The van der Waals surface area contributed by atoms with Crippen molar-refractivity contribution in [2.24, 2.45) is 0 Å². The van der Waals surface area contributed by atoms with Crippen LogP contribution in [-0.2, 0) is 4.79 Å². The summed E-state index contributed by atoms with van der Waals surface area (Å²) < 4.78 is 6.79. The summed E-state index contributed by atoms with van der Waals surface area (Å²) in [5.74, 6) is 0.694. The Balaban J connectivity index is 1.92. The fraction of sp³-hybridized carbons (Fsp3) is 0.308. The van der Waals surface area contributed by atoms with Crippen molar-refractivity contribution in [3.05, 3.63) is 24.3 Å². The number of thioether (sulfide) groups is 2. The number of hydrogen-bond donors (Lipinski definition) is 1. The molecule has 5 nitrogen and oxygen atoms in total. The molecule has 0 saturated heterocycles. The van der Waals surface area contributed by atoms with Gasteiger partial charge in [0.1, 0.15) is 5.75 Å². The molecular formula is C13H15N3O2S3. The summed E-state index contributed by atoms with van der Waals surface area (Å²) in [5.41, 5.74) is 0.746. The van der Waals surface area contributed by atoms with Crippen molar-refractivity contribution >= 4 is 46.5 Å². The lowest BCUT2D eigenvalue weighted by Crippen LogP contribution is -2.22. The van der Waals surface area contributed by atoms with Crippen LogP contribution in [0.1, 0.15) is 6.92 Å². The molecule has 0 spiro atoms. The Labute approximate surface area is 135 Å². The number of nitrogens with zero attached hydrogens (tertiary/aromatic N) is 2. The van der Waals surface area contributed by atoms with Gasteiger partial charge in [-0.3, -0.25) is 4.79 Å². The van der Waals surface area contributed by atoms with E-state index in [1.165, 1.54) is 23.1 Å². The fourth-order valence-electron chi connectivity index (χ4n) is 1.45. The molecule has 1 aromatic carbocycles. The number of ether oxygens (including phenoxy) is 1. The number of methoxy groups -OCH3 is 1. The second-order valence-corrected chi connectivity index (χ2v) is 7.63. The molecule has 1 aromatic heterocycles. The topological polar surface area (TPSA) is 64.1 Å². The highest BCUT2D eigenvalue weighted by molar-refractivity contribution is 8.03. The molecule has 1 N–H and O–H groups in total. The highest BCUT2D eigenvalue weighted by Crippen LogP contribution is 2.30. The van der Waals surface area contributed by atoms with Crippen LogP contribution in [0.15, 0.2) is 32.9 Å². The molecule has 0 unspecified atom stereocenters. The van der Waals surface area contributed by atoms with Crippen molar-refractivity contribution in [1.82, 2.24) is 10.2 Å². The molecule has 1 atom stereocenters. The number of rotatable bonds is 6. The normalized spacial score (nSPS) is 12.0. The molecule has 21 heavy (non-hydrogen) atoms. The standard InChI is InChI=1S/C13H15N3O2S3/c1-8(20-13-16-15-12(19-3)21-13)11(17)14-9-4-6-10(18-2)7-5-9/h4-8H,1-3H3,(H,14,17)/t8-/m1/s1. The van der Waals surface area contributed by atoms with E-state index in [-0.39, 0.29) is 11.2 Å². The van der Waals surface area contributed by atoms with E-state index in [1.807, 2.05) is 37.4 Å². The highest BCUT2D eigenvalue weighted by atomic mass is 32.2. The largest absolute Gasteiger partial charge is 0.497 e. The summed E-state index contributed by atoms with van der Waals surface area (Å²) in [6, 6.07) is 7.24. The second-order valence-electron chi connectivity index (χ2n) is 4.02. The van der Waals surface area contributed by atoms with Crippen LogP contribution in [0.4, 0.5) is 5.69 Å². The zero-order chi connectivity index (χ0) is 15.2. The zero-order valence-corrected chi connectivity index (χ0v) is 14.3. The van der Waals surface area contributed by atoms with E-state index in [4.69, 9.17) is 4.74 Å². The number of nitrogens with one attached hydrogen (secondary N) is 1. The molecule has 0 aliphatic carbocycles. The third-order valence-corrected chi connectivity index (χ3v) is 5.65. The smallest absolute Gasteiger partial charge is 0.237 e. The van der Waals surface area contributed by atoms with Crippen molar-refractivity contribution in [1.29, 1.82) is 0 Å². The van der Waals surface area contributed by atoms with Crippen molar-refractivity contribution in [2.75, 3.05) is 18.7 Å². The lowest BCUT2D eigenvalue weighted by Gasteiger charge is -2.10. The van der Waals surface area contributed by atoms with Crippen LogP contribution in [0.2, 0.25) is 0 Å². The van der Waals surface area contributed by atoms with Crippen LogP contribution in [0.3, 0.4) is 0 Å². The Hall–Kier alpha value is -1.25. The van der Waals surface area contributed by atoms with E-state index in [2.05, 4.69) is 15.5 Å². The maximum atomic E-state index is 12.1. The van der Waals surface area contributed by atoms with Gasteiger partial charge in [0.05, 0.1) is 12.4 Å². The molecule has 0 aliphatic rings. The first kappa shape index (κ1) is 16.1. The number of aromatic nitrogens is 2. The van der Waals surface area contributed by atoms with Gasteiger partial charge < -0.3 is 10.1 Å². The lowest BCUT2D eigenvalue weighted by molar-refractivity contribution is -0.115. The summed E-state index contributed by atoms with van der Waals surface area (Å²) in [6.45, 7) is 1.85. The van der Waals surface area contributed by atoms with E-state index < -0.39 is 0 Å². The van der Waals surface area contributed by atoms with Crippen LogP contribution >= 0.6 is 34.9 Å². The second kappa shape index (κ2) is 7.67. The number of benzene rings is 1. The number of hydrogen-bond acceptors (Lipinski definition) is 7. The van der Waals surface area contributed by atoms with Gasteiger partial charge in [0.2, 0.25) is 5.91 Å². The molecular weight excluding hydrogens is 326 g/mol. The summed E-state index contributed by atoms with van der Waals surface area (Å²) in [4.78, 5) is 12.1. The predicted molar refractivity (Wildman–Crippen MR) is 88.6 cm³/mol. The summed E-state index contributed by atoms with van der Waals surface area (Å²) in [6.07, 6.45) is 1.95. The monoisotopic (exact) mass is 341 g/mol. The van der Waals surface area contributed by atoms with E-state index in [9.17, 15) is 4.79 Å². The third kappa shape index (κ3) is 4.62. The Morgan fingerprint density at radius 1 is 1.29 bits per heavy atom. The third-order valence-electron chi connectivity index (χ3n) is 2.57. The first-order valence-corrected chi connectivity index (χ1v) is 9.03. The first-order valence-electron chi connectivity index (χ1n) is 6.11. The Morgan fingerprint density at radius 2 is 1.95 bits per heavy atom. The Bertz CT molecular complexity index is 601. The van der Waals surface area contributed by atoms with Gasteiger partial charge in [-0.15, -0.1) is 10.2 Å². The van der Waals surface area contributed by atoms with Crippen LogP contribution in [0.5, 0.6) is 5.75 Å². The maximum Gasteiger partial charge on any atom is 0.237 e. The van der Waals surface area contributed by atoms with Gasteiger partial charge in [0.25, 0.3) is 0 Å². The molecule has 8 heteroatoms. The molecule has 2 aromatic rings. The van der Waals surface area contributed by atoms with E-state index in [1.54, 1.807) is 18.9 Å². The first-order chi connectivity index (χ1) is 10.1.